The highest BCUT2D eigenvalue weighted by Gasteiger charge is 2.40. The summed E-state index contributed by atoms with van der Waals surface area (Å²) < 4.78 is 5.46. The summed E-state index contributed by atoms with van der Waals surface area (Å²) in [6.45, 7) is 3.62. The smallest absolute Gasteiger partial charge is 0.119 e. The molecule has 2 aliphatic heterocycles. The van der Waals surface area contributed by atoms with Crippen molar-refractivity contribution in [3.8, 4) is 5.75 Å². The molecular formula is C23H28N2O. The largest absolute Gasteiger partial charge is 0.497 e. The summed E-state index contributed by atoms with van der Waals surface area (Å²) >= 11 is 0. The molecule has 3 atom stereocenters. The van der Waals surface area contributed by atoms with Crippen molar-refractivity contribution in [2.45, 2.75) is 43.7 Å². The lowest BCUT2D eigenvalue weighted by molar-refractivity contribution is 0.207. The molecule has 2 heterocycles. The molecule has 0 aromatic heterocycles. The van der Waals surface area contributed by atoms with Crippen molar-refractivity contribution in [3.63, 3.8) is 0 Å². The van der Waals surface area contributed by atoms with E-state index in [-0.39, 0.29) is 0 Å². The number of hydrogen-bond acceptors (Lipinski definition) is 3. The molecule has 2 saturated heterocycles. The van der Waals surface area contributed by atoms with Crippen molar-refractivity contribution >= 4 is 5.69 Å². The van der Waals surface area contributed by atoms with Gasteiger partial charge in [0.05, 0.1) is 7.11 Å². The standard InChI is InChI=1S/C23H28N2O/c1-26-22-12-9-17-7-8-18(23(17)13-22)14-24-15-20-10-11-21(16-24)25(20)19-5-3-2-4-6-19/h2-6,9,12-13,18,20-21H,7-8,10-11,14-16H2,1H3. The van der Waals surface area contributed by atoms with Gasteiger partial charge in [-0.25, -0.2) is 0 Å². The predicted octanol–water partition coefficient (Wildman–Crippen LogP) is 4.08. The molecule has 5 rings (SSSR count). The lowest BCUT2D eigenvalue weighted by Crippen LogP contribution is -2.54. The van der Waals surface area contributed by atoms with Crippen LogP contribution in [-0.2, 0) is 6.42 Å². The minimum Gasteiger partial charge on any atom is -0.497 e. The van der Waals surface area contributed by atoms with Gasteiger partial charge < -0.3 is 9.64 Å². The van der Waals surface area contributed by atoms with Crippen molar-refractivity contribution in [2.75, 3.05) is 31.6 Å². The number of fused-ring (bicyclic) bond motifs is 3. The molecule has 0 saturated carbocycles. The molecule has 0 radical (unpaired) electrons. The quantitative estimate of drug-likeness (QED) is 0.828. The van der Waals surface area contributed by atoms with E-state index in [4.69, 9.17) is 4.74 Å². The molecule has 2 aromatic carbocycles. The Kier molecular flexibility index (Phi) is 4.12. The predicted molar refractivity (Wildman–Crippen MR) is 106 cm³/mol. The van der Waals surface area contributed by atoms with Gasteiger partial charge in [0.2, 0.25) is 0 Å². The molecule has 3 unspecified atom stereocenters. The van der Waals surface area contributed by atoms with E-state index in [1.807, 2.05) is 0 Å². The Balaban J connectivity index is 1.30. The van der Waals surface area contributed by atoms with Gasteiger partial charge in [-0.2, -0.15) is 0 Å². The molecule has 1 aliphatic carbocycles. The summed E-state index contributed by atoms with van der Waals surface area (Å²) in [5, 5.41) is 0. The molecule has 3 aliphatic rings. The molecule has 0 spiro atoms. The lowest BCUT2D eigenvalue weighted by atomic mass is 9.99. The van der Waals surface area contributed by atoms with E-state index in [9.17, 15) is 0 Å². The molecule has 26 heavy (non-hydrogen) atoms. The fourth-order valence-electron chi connectivity index (χ4n) is 5.46. The Hall–Kier alpha value is -2.00. The van der Waals surface area contributed by atoms with Crippen LogP contribution in [0.15, 0.2) is 48.5 Å². The van der Waals surface area contributed by atoms with Crippen LogP contribution in [0, 0.1) is 0 Å². The monoisotopic (exact) mass is 348 g/mol. The van der Waals surface area contributed by atoms with Crippen LogP contribution in [0.5, 0.6) is 5.75 Å². The lowest BCUT2D eigenvalue weighted by Gasteiger charge is -2.43. The maximum Gasteiger partial charge on any atom is 0.119 e. The average Bonchev–Trinajstić information content (AvgIpc) is 3.20. The first-order valence-corrected chi connectivity index (χ1v) is 10.0. The molecule has 0 amide bonds. The Morgan fingerprint density at radius 2 is 1.73 bits per heavy atom. The maximum absolute atomic E-state index is 5.46. The van der Waals surface area contributed by atoms with E-state index in [0.29, 0.717) is 18.0 Å². The van der Waals surface area contributed by atoms with Crippen LogP contribution < -0.4 is 9.64 Å². The van der Waals surface area contributed by atoms with E-state index in [0.717, 1.165) is 5.75 Å². The molecule has 0 N–H and O–H groups in total. The van der Waals surface area contributed by atoms with Crippen LogP contribution in [0.2, 0.25) is 0 Å². The number of likely N-dealkylation sites (tertiary alicyclic amines) is 1. The van der Waals surface area contributed by atoms with Gasteiger partial charge in [0, 0.05) is 37.4 Å². The normalized spacial score (nSPS) is 27.6. The molecule has 2 bridgehead atoms. The zero-order valence-corrected chi connectivity index (χ0v) is 15.6. The second-order valence-electron chi connectivity index (χ2n) is 8.15. The number of para-hydroxylation sites is 1. The number of benzene rings is 2. The zero-order chi connectivity index (χ0) is 17.5. The third-order valence-corrected chi connectivity index (χ3v) is 6.65. The van der Waals surface area contributed by atoms with Crippen molar-refractivity contribution in [1.29, 1.82) is 0 Å². The SMILES string of the molecule is COc1ccc2c(c1)C(CN1CC3CCC(C1)N3c1ccccc1)CC2. The fourth-order valence-corrected chi connectivity index (χ4v) is 5.46. The highest BCUT2D eigenvalue weighted by atomic mass is 16.5. The van der Waals surface area contributed by atoms with Crippen molar-refractivity contribution in [2.24, 2.45) is 0 Å². The van der Waals surface area contributed by atoms with E-state index in [2.05, 4.69) is 58.3 Å². The average molecular weight is 348 g/mol. The number of nitrogens with zero attached hydrogens (tertiary/aromatic N) is 2. The minimum atomic E-state index is 0.669. The molecule has 3 heteroatoms. The van der Waals surface area contributed by atoms with Gasteiger partial charge in [-0.05, 0) is 67.0 Å². The van der Waals surface area contributed by atoms with Crippen LogP contribution in [0.4, 0.5) is 5.69 Å². The highest BCUT2D eigenvalue weighted by Crippen LogP contribution is 2.39. The van der Waals surface area contributed by atoms with Gasteiger partial charge in [-0.15, -0.1) is 0 Å². The van der Waals surface area contributed by atoms with Gasteiger partial charge in [0.15, 0.2) is 0 Å². The fraction of sp³-hybridized carbons (Fsp3) is 0.478. The summed E-state index contributed by atoms with van der Waals surface area (Å²) in [6, 6.07) is 19.0. The van der Waals surface area contributed by atoms with Gasteiger partial charge in [0.25, 0.3) is 0 Å². The van der Waals surface area contributed by atoms with E-state index in [1.165, 1.54) is 62.1 Å². The number of ether oxygens (including phenoxy) is 1. The molecular weight excluding hydrogens is 320 g/mol. The van der Waals surface area contributed by atoms with Gasteiger partial charge in [-0.3, -0.25) is 4.90 Å². The van der Waals surface area contributed by atoms with Crippen molar-refractivity contribution < 1.29 is 4.74 Å². The maximum atomic E-state index is 5.46. The van der Waals surface area contributed by atoms with Gasteiger partial charge in [0.1, 0.15) is 5.75 Å². The minimum absolute atomic E-state index is 0.669. The number of anilines is 1. The second-order valence-corrected chi connectivity index (χ2v) is 8.15. The third-order valence-electron chi connectivity index (χ3n) is 6.65. The Bertz CT molecular complexity index is 761. The first kappa shape index (κ1) is 16.2. The highest BCUT2D eigenvalue weighted by molar-refractivity contribution is 5.50. The Morgan fingerprint density at radius 1 is 0.962 bits per heavy atom. The number of rotatable bonds is 4. The van der Waals surface area contributed by atoms with Crippen LogP contribution in [-0.4, -0.2) is 43.7 Å². The van der Waals surface area contributed by atoms with Crippen LogP contribution in [0.1, 0.15) is 36.3 Å². The molecule has 2 aromatic rings. The summed E-state index contributed by atoms with van der Waals surface area (Å²) in [5.41, 5.74) is 4.47. The molecule has 3 nitrogen and oxygen atoms in total. The Labute approximate surface area is 156 Å². The van der Waals surface area contributed by atoms with Crippen LogP contribution in [0.3, 0.4) is 0 Å². The number of hydrogen-bond donors (Lipinski definition) is 0. The third kappa shape index (κ3) is 2.79. The number of piperazine rings is 1. The molecule has 136 valence electrons. The summed E-state index contributed by atoms with van der Waals surface area (Å²) in [6.07, 6.45) is 5.19. The van der Waals surface area contributed by atoms with Crippen molar-refractivity contribution in [3.05, 3.63) is 59.7 Å². The Morgan fingerprint density at radius 3 is 2.46 bits per heavy atom. The van der Waals surface area contributed by atoms with Crippen LogP contribution in [0.25, 0.3) is 0 Å². The zero-order valence-electron chi connectivity index (χ0n) is 15.6. The molecule has 2 fully saturated rings. The van der Waals surface area contributed by atoms with E-state index in [1.54, 1.807) is 7.11 Å². The van der Waals surface area contributed by atoms with E-state index < -0.39 is 0 Å². The van der Waals surface area contributed by atoms with Gasteiger partial charge >= 0.3 is 0 Å². The second kappa shape index (κ2) is 6.62. The summed E-state index contributed by atoms with van der Waals surface area (Å²) in [5.74, 6) is 1.67. The summed E-state index contributed by atoms with van der Waals surface area (Å²) in [7, 11) is 1.77. The van der Waals surface area contributed by atoms with Gasteiger partial charge in [-0.1, -0.05) is 24.3 Å². The topological polar surface area (TPSA) is 15.7 Å². The first-order valence-electron chi connectivity index (χ1n) is 10.0. The van der Waals surface area contributed by atoms with Crippen LogP contribution >= 0.6 is 0 Å². The first-order chi connectivity index (χ1) is 12.8. The number of methoxy groups -OCH3 is 1. The summed E-state index contributed by atoms with van der Waals surface area (Å²) in [4.78, 5) is 5.43. The van der Waals surface area contributed by atoms with Crippen molar-refractivity contribution in [1.82, 2.24) is 4.90 Å². The van der Waals surface area contributed by atoms with E-state index >= 15 is 0 Å². The number of aryl methyl sites for hydroxylation is 1.